The van der Waals surface area contributed by atoms with Gasteiger partial charge in [0, 0.05) is 0 Å². The van der Waals surface area contributed by atoms with Crippen LogP contribution in [0.2, 0.25) is 29.7 Å². The first-order valence-electron chi connectivity index (χ1n) is 4.83. The van der Waals surface area contributed by atoms with Gasteiger partial charge in [-0.25, -0.2) is 0 Å². The summed E-state index contributed by atoms with van der Waals surface area (Å²) in [5.74, 6) is 0. The fraction of sp³-hybridized carbons (Fsp3) is 1.00. The molecule has 3 heteroatoms. The summed E-state index contributed by atoms with van der Waals surface area (Å²) in [6.07, 6.45) is 4.53. The van der Waals surface area contributed by atoms with Crippen LogP contribution < -0.4 is 12.4 Å². The SMILES string of the molecule is CC1CCCC[Si]1(C)C.[CH3][Mg+].[Cl-]. The second kappa shape index (κ2) is 7.66. The molecule has 0 nitrogen and oxygen atoms in total. The Hall–Kier alpha value is 1.27. The van der Waals surface area contributed by atoms with Gasteiger partial charge in [-0.05, 0) is 5.54 Å². The van der Waals surface area contributed by atoms with Crippen molar-refractivity contribution in [1.82, 2.24) is 0 Å². The molecule has 1 aliphatic rings. The zero-order chi connectivity index (χ0) is 8.91. The van der Waals surface area contributed by atoms with Crippen LogP contribution in [-0.4, -0.2) is 29.8 Å². The first-order valence-corrected chi connectivity index (χ1v) is 9.53. The minimum atomic E-state index is -0.694. The molecule has 1 unspecified atom stereocenters. The minimum absolute atomic E-state index is 0. The molecule has 1 atom stereocenters. The van der Waals surface area contributed by atoms with Crippen LogP contribution in [0.4, 0.5) is 0 Å². The Morgan fingerprint density at radius 3 is 1.92 bits per heavy atom. The molecule has 0 aromatic heterocycles. The van der Waals surface area contributed by atoms with Gasteiger partial charge in [-0.2, -0.15) is 0 Å². The molecule has 0 amide bonds. The summed E-state index contributed by atoms with van der Waals surface area (Å²) in [5, 5.41) is 2.03. The summed E-state index contributed by atoms with van der Waals surface area (Å²) < 4.78 is 0. The van der Waals surface area contributed by atoms with Crippen LogP contribution in [0.1, 0.15) is 26.2 Å². The van der Waals surface area contributed by atoms with E-state index in [-0.39, 0.29) is 12.4 Å². The van der Waals surface area contributed by atoms with E-state index in [0.29, 0.717) is 0 Å². The first-order chi connectivity index (χ1) is 5.13. The zero-order valence-corrected chi connectivity index (χ0v) is 12.2. The Balaban J connectivity index is 0. The van der Waals surface area contributed by atoms with Gasteiger partial charge in [0.05, 0.1) is 8.07 Å². The second-order valence-corrected chi connectivity index (χ2v) is 9.60. The van der Waals surface area contributed by atoms with E-state index in [2.05, 4.69) is 20.0 Å². The van der Waals surface area contributed by atoms with Gasteiger partial charge < -0.3 is 12.4 Å². The topological polar surface area (TPSA) is 0 Å². The van der Waals surface area contributed by atoms with E-state index >= 15 is 0 Å². The van der Waals surface area contributed by atoms with Crippen molar-refractivity contribution in [2.24, 2.45) is 0 Å². The van der Waals surface area contributed by atoms with Gasteiger partial charge in [0.2, 0.25) is 0 Å². The van der Waals surface area contributed by atoms with E-state index in [1.165, 1.54) is 19.3 Å². The van der Waals surface area contributed by atoms with Crippen LogP contribution in [0, 0.1) is 0 Å². The fourth-order valence-electron chi connectivity index (χ4n) is 1.67. The van der Waals surface area contributed by atoms with Crippen molar-refractivity contribution >= 4 is 29.8 Å². The number of hydrogen-bond acceptors (Lipinski definition) is 0. The van der Waals surface area contributed by atoms with Crippen LogP contribution in [0.5, 0.6) is 0 Å². The van der Waals surface area contributed by atoms with Crippen molar-refractivity contribution in [3.05, 3.63) is 0 Å². The van der Waals surface area contributed by atoms with Crippen molar-refractivity contribution in [2.75, 3.05) is 0 Å². The minimum Gasteiger partial charge on any atom is -1.00 e. The molecule has 1 fully saturated rings. The Morgan fingerprint density at radius 1 is 1.17 bits per heavy atom. The van der Waals surface area contributed by atoms with Gasteiger partial charge in [-0.1, -0.05) is 45.3 Å². The third-order valence-electron chi connectivity index (χ3n) is 3.04. The standard InChI is InChI=1S/C8H18Si.CH3.ClH.Mg/c1-8-6-4-5-7-9(8,2)3;;;/h8H,4-7H2,1-3H3;1H3;1H;/q;;;+1/p-1. The predicted octanol–water partition coefficient (Wildman–Crippen LogP) is 0.476. The van der Waals surface area contributed by atoms with Crippen molar-refractivity contribution in [3.63, 3.8) is 0 Å². The van der Waals surface area contributed by atoms with E-state index in [1.807, 2.05) is 26.8 Å². The van der Waals surface area contributed by atoms with E-state index in [0.717, 1.165) is 5.54 Å². The van der Waals surface area contributed by atoms with Gasteiger partial charge >= 0.3 is 26.8 Å². The molecule has 1 heterocycles. The molecule has 0 bridgehead atoms. The molecule has 1 aliphatic heterocycles. The molecule has 1 rings (SSSR count). The van der Waals surface area contributed by atoms with E-state index < -0.39 is 8.07 Å². The molecule has 70 valence electrons. The molecule has 0 aromatic carbocycles. The average Bonchev–Trinajstić information content (AvgIpc) is 2.00. The Kier molecular flexibility index (Phi) is 10.0. The predicted molar refractivity (Wildman–Crippen MR) is 57.2 cm³/mol. The zero-order valence-electron chi connectivity index (χ0n) is 8.99. The maximum atomic E-state index is 2.54. The van der Waals surface area contributed by atoms with Gasteiger partial charge in [0.15, 0.2) is 0 Å². The normalized spacial score (nSPS) is 26.3. The quantitative estimate of drug-likeness (QED) is 0.517. The maximum Gasteiger partial charge on any atom is -1.00 e. The third kappa shape index (κ3) is 5.10. The summed E-state index contributed by atoms with van der Waals surface area (Å²) in [6.45, 7) is 7.53. The van der Waals surface area contributed by atoms with Gasteiger partial charge in [-0.15, -0.1) is 0 Å². The van der Waals surface area contributed by atoms with Crippen molar-refractivity contribution < 1.29 is 12.4 Å². The number of hydrogen-bond donors (Lipinski definition) is 0. The van der Waals surface area contributed by atoms with Crippen LogP contribution in [-0.2, 0) is 0 Å². The van der Waals surface area contributed by atoms with Crippen LogP contribution in [0.25, 0.3) is 0 Å². The van der Waals surface area contributed by atoms with Crippen LogP contribution in [0.3, 0.4) is 0 Å². The molecule has 0 aromatic rings. The number of halogens is 1. The van der Waals surface area contributed by atoms with E-state index in [4.69, 9.17) is 0 Å². The van der Waals surface area contributed by atoms with Gasteiger partial charge in [0.25, 0.3) is 0 Å². The summed E-state index contributed by atoms with van der Waals surface area (Å²) in [4.78, 5) is 0. The van der Waals surface area contributed by atoms with Crippen molar-refractivity contribution in [2.45, 2.75) is 55.9 Å². The smallest absolute Gasteiger partial charge is 1.00 e. The molecule has 0 aliphatic carbocycles. The van der Waals surface area contributed by atoms with E-state index in [9.17, 15) is 0 Å². The summed E-state index contributed by atoms with van der Waals surface area (Å²) in [6, 6.07) is 1.58. The molecule has 0 saturated carbocycles. The molecule has 0 spiro atoms. The Morgan fingerprint density at radius 2 is 1.67 bits per heavy atom. The number of rotatable bonds is 0. The Labute approximate surface area is 97.7 Å². The second-order valence-electron chi connectivity index (χ2n) is 4.14. The monoisotopic (exact) mass is 216 g/mol. The first kappa shape index (κ1) is 15.7. The Bertz CT molecular complexity index is 107. The molecule has 0 radical (unpaired) electrons. The van der Waals surface area contributed by atoms with E-state index in [1.54, 1.807) is 6.04 Å². The molecule has 0 N–H and O–H groups in total. The molecule has 1 saturated heterocycles. The van der Waals surface area contributed by atoms with Gasteiger partial charge in [0.1, 0.15) is 0 Å². The largest absolute Gasteiger partial charge is 1.00 e. The van der Waals surface area contributed by atoms with Crippen molar-refractivity contribution in [1.29, 1.82) is 0 Å². The summed E-state index contributed by atoms with van der Waals surface area (Å²) in [5.41, 5.74) is 1.09. The van der Waals surface area contributed by atoms with Crippen molar-refractivity contribution in [3.8, 4) is 0 Å². The third-order valence-corrected chi connectivity index (χ3v) is 7.64. The fourth-order valence-corrected chi connectivity index (χ4v) is 4.31. The van der Waals surface area contributed by atoms with Crippen LogP contribution in [0.15, 0.2) is 0 Å². The molecule has 12 heavy (non-hydrogen) atoms. The van der Waals surface area contributed by atoms with Gasteiger partial charge in [-0.3, -0.25) is 0 Å². The summed E-state index contributed by atoms with van der Waals surface area (Å²) >= 11 is 1.86. The molecular formula is C9H21ClMgSi. The average molecular weight is 217 g/mol. The van der Waals surface area contributed by atoms with Crippen LogP contribution >= 0.6 is 0 Å². The molecular weight excluding hydrogens is 196 g/mol. The maximum absolute atomic E-state index is 2.54. The summed E-state index contributed by atoms with van der Waals surface area (Å²) in [7, 11) is -0.694.